The van der Waals surface area contributed by atoms with E-state index in [4.69, 9.17) is 16.6 Å². The number of imide groups is 1. The number of carbonyl (C=O) groups excluding carboxylic acids is 4. The molecule has 4 aliphatic heterocycles. The third-order valence-corrected chi connectivity index (χ3v) is 13.6. The molecule has 9 rings (SSSR count). The number of aromatic nitrogens is 2. The predicted molar refractivity (Wildman–Crippen MR) is 231 cm³/mol. The molecule has 4 amide bonds. The zero-order valence-corrected chi connectivity index (χ0v) is 34.8. The molecule has 2 N–H and O–H groups in total. The third kappa shape index (κ3) is 8.82. The number of amides is 4. The van der Waals surface area contributed by atoms with Gasteiger partial charge in [0.15, 0.2) is 0 Å². The number of benzene rings is 3. The topological polar surface area (TPSA) is 131 Å². The number of hydrogen-bond donors (Lipinski definition) is 2. The largest absolute Gasteiger partial charge is 0.351 e. The summed E-state index contributed by atoms with van der Waals surface area (Å²) >= 11 is 6.63. The molecule has 0 bridgehead atoms. The average molecular weight is 829 g/mol. The van der Waals surface area contributed by atoms with Crippen LogP contribution >= 0.6 is 11.6 Å². The fraction of sp³-hybridized carbons (Fsp3) is 0.447. The number of carbonyl (C=O) groups is 4. The van der Waals surface area contributed by atoms with Crippen molar-refractivity contribution in [1.29, 1.82) is 0 Å². The highest BCUT2D eigenvalue weighted by Gasteiger charge is 2.39. The number of rotatable bonds is 10. The van der Waals surface area contributed by atoms with Gasteiger partial charge < -0.3 is 20.0 Å². The van der Waals surface area contributed by atoms with Crippen LogP contribution in [0.5, 0.6) is 0 Å². The first kappa shape index (κ1) is 40.2. The molecule has 12 nitrogen and oxygen atoms in total. The summed E-state index contributed by atoms with van der Waals surface area (Å²) in [6.07, 6.45) is 8.07. The van der Waals surface area contributed by atoms with Gasteiger partial charge in [-0.05, 0) is 91.9 Å². The Labute approximate surface area is 356 Å². The van der Waals surface area contributed by atoms with E-state index in [0.29, 0.717) is 41.1 Å². The van der Waals surface area contributed by atoms with Crippen LogP contribution in [0.15, 0.2) is 79.0 Å². The van der Waals surface area contributed by atoms with E-state index in [1.54, 1.807) is 11.1 Å². The number of likely N-dealkylation sites (tertiary alicyclic amines) is 1. The molecule has 3 atom stereocenters. The van der Waals surface area contributed by atoms with Crippen LogP contribution in [0.4, 0.5) is 5.95 Å². The van der Waals surface area contributed by atoms with Gasteiger partial charge in [-0.25, -0.2) is 9.97 Å². The number of anilines is 1. The smallest absolute Gasteiger partial charge is 0.255 e. The number of nitrogens with zero attached hydrogens (tertiary/aromatic N) is 6. The van der Waals surface area contributed by atoms with E-state index < -0.39 is 6.04 Å². The lowest BCUT2D eigenvalue weighted by atomic mass is 9.84. The highest BCUT2D eigenvalue weighted by atomic mass is 35.5. The standard InChI is InChI=1S/C47H53ClN8O4/c48-40-29-49-47(52-43(40)35-9-4-8-33(26-35)31-6-2-1-3-7-31)50-38-11-5-10-36(28-38)45(59)55-24-22-54(23-25-55)21-20-53-18-16-32(17-19-53)34-12-13-39-37(27-34)30-56(46(39)60)41-14-15-42(57)51-44(41)58/h1-4,6-9,12-13,26-27,29,32,36,38,41H,5,10-11,14-25,28,30H2,(H,49,50,52)(H,51,57,58). The quantitative estimate of drug-likeness (QED) is 0.179. The van der Waals surface area contributed by atoms with Gasteiger partial charge in [-0.1, -0.05) is 78.7 Å². The van der Waals surface area contributed by atoms with Crippen LogP contribution in [0.3, 0.4) is 0 Å². The Kier molecular flexibility index (Phi) is 12.0. The summed E-state index contributed by atoms with van der Waals surface area (Å²) in [5, 5.41) is 6.43. The normalized spacial score (nSPS) is 23.1. The molecule has 5 heterocycles. The fourth-order valence-corrected chi connectivity index (χ4v) is 10.1. The Morgan fingerprint density at radius 3 is 2.33 bits per heavy atom. The van der Waals surface area contributed by atoms with E-state index in [-0.39, 0.29) is 42.0 Å². The maximum absolute atomic E-state index is 13.8. The molecule has 4 aromatic rings. The summed E-state index contributed by atoms with van der Waals surface area (Å²) in [5.74, 6) is 0.479. The highest BCUT2D eigenvalue weighted by molar-refractivity contribution is 6.33. The number of fused-ring (bicyclic) bond motifs is 1. The molecule has 1 aromatic heterocycles. The Morgan fingerprint density at radius 1 is 0.800 bits per heavy atom. The number of piperidine rings is 2. The van der Waals surface area contributed by atoms with Gasteiger partial charge in [-0.3, -0.25) is 29.4 Å². The van der Waals surface area contributed by atoms with Gasteiger partial charge in [0.1, 0.15) is 6.04 Å². The SMILES string of the molecule is O=C1CCC(N2Cc3cc(C4CCN(CCN5CCN(C(=O)C6CCCC(Nc7ncc(Cl)c(-c8cccc(-c9ccccc9)c8)n7)C6)CC5)CC4)ccc3C2=O)C(=O)N1. The zero-order chi connectivity index (χ0) is 41.2. The van der Waals surface area contributed by atoms with E-state index in [9.17, 15) is 19.2 Å². The van der Waals surface area contributed by atoms with Crippen LogP contribution in [-0.2, 0) is 20.9 Å². The van der Waals surface area contributed by atoms with Gasteiger partial charge in [0.05, 0.1) is 16.9 Å². The van der Waals surface area contributed by atoms with E-state index >= 15 is 0 Å². The van der Waals surface area contributed by atoms with Gasteiger partial charge in [0.2, 0.25) is 23.7 Å². The summed E-state index contributed by atoms with van der Waals surface area (Å²) in [4.78, 5) is 69.2. The van der Waals surface area contributed by atoms with E-state index in [0.717, 1.165) is 113 Å². The molecule has 1 saturated carbocycles. The summed E-state index contributed by atoms with van der Waals surface area (Å²) < 4.78 is 0. The lowest BCUT2D eigenvalue weighted by Crippen LogP contribution is -2.52. The van der Waals surface area contributed by atoms with Gasteiger partial charge in [-0.2, -0.15) is 0 Å². The van der Waals surface area contributed by atoms with Gasteiger partial charge in [0, 0.05) is 75.3 Å². The van der Waals surface area contributed by atoms with Crippen LogP contribution in [0, 0.1) is 5.92 Å². The van der Waals surface area contributed by atoms with Crippen molar-refractivity contribution in [1.82, 2.24) is 34.9 Å². The molecule has 13 heteroatoms. The Balaban J connectivity index is 0.713. The van der Waals surface area contributed by atoms with Crippen molar-refractivity contribution in [2.75, 3.05) is 57.7 Å². The van der Waals surface area contributed by atoms with E-state index in [2.05, 4.69) is 66.7 Å². The molecule has 4 fully saturated rings. The Morgan fingerprint density at radius 2 is 1.55 bits per heavy atom. The third-order valence-electron chi connectivity index (χ3n) is 13.4. The first-order valence-electron chi connectivity index (χ1n) is 21.7. The molecule has 0 spiro atoms. The Hall–Kier alpha value is -5.17. The molecule has 60 heavy (non-hydrogen) atoms. The number of hydrogen-bond acceptors (Lipinski definition) is 9. The molecule has 1 aliphatic carbocycles. The van der Waals surface area contributed by atoms with Crippen molar-refractivity contribution in [2.45, 2.75) is 75.9 Å². The minimum atomic E-state index is -0.590. The second kappa shape index (κ2) is 17.8. The molecule has 312 valence electrons. The Bertz CT molecular complexity index is 2240. The van der Waals surface area contributed by atoms with Crippen molar-refractivity contribution in [3.8, 4) is 22.4 Å². The van der Waals surface area contributed by atoms with Crippen molar-refractivity contribution in [2.24, 2.45) is 5.92 Å². The van der Waals surface area contributed by atoms with Crippen molar-refractivity contribution in [3.05, 3.63) is 101 Å². The molecule has 0 radical (unpaired) electrons. The highest BCUT2D eigenvalue weighted by Crippen LogP contribution is 2.35. The number of piperazine rings is 1. The minimum Gasteiger partial charge on any atom is -0.351 e. The minimum absolute atomic E-state index is 0.00569. The molecule has 3 aromatic carbocycles. The molecule has 5 aliphatic rings. The molecule has 3 saturated heterocycles. The first-order valence-corrected chi connectivity index (χ1v) is 22.1. The van der Waals surface area contributed by atoms with Crippen LogP contribution < -0.4 is 10.6 Å². The number of halogens is 1. The summed E-state index contributed by atoms with van der Waals surface area (Å²) in [6.45, 7) is 7.82. The molecular weight excluding hydrogens is 776 g/mol. The van der Waals surface area contributed by atoms with Crippen LogP contribution in [0.2, 0.25) is 5.02 Å². The summed E-state index contributed by atoms with van der Waals surface area (Å²) in [6, 6.07) is 24.2. The summed E-state index contributed by atoms with van der Waals surface area (Å²) in [5.41, 5.74) is 6.76. The van der Waals surface area contributed by atoms with Crippen molar-refractivity contribution in [3.63, 3.8) is 0 Å². The maximum Gasteiger partial charge on any atom is 0.255 e. The lowest BCUT2D eigenvalue weighted by molar-refractivity contribution is -0.139. The van der Waals surface area contributed by atoms with Gasteiger partial charge in [-0.15, -0.1) is 0 Å². The maximum atomic E-state index is 13.8. The van der Waals surface area contributed by atoms with Crippen molar-refractivity contribution < 1.29 is 19.2 Å². The van der Waals surface area contributed by atoms with Crippen molar-refractivity contribution >= 4 is 41.2 Å². The van der Waals surface area contributed by atoms with Crippen LogP contribution in [0.1, 0.15) is 78.8 Å². The molecular formula is C47H53ClN8O4. The van der Waals surface area contributed by atoms with Crippen LogP contribution in [-0.4, -0.2) is 118 Å². The summed E-state index contributed by atoms with van der Waals surface area (Å²) in [7, 11) is 0. The monoisotopic (exact) mass is 828 g/mol. The molecule has 3 unspecified atom stereocenters. The predicted octanol–water partition coefficient (Wildman–Crippen LogP) is 6.22. The first-order chi connectivity index (χ1) is 29.3. The zero-order valence-electron chi connectivity index (χ0n) is 34.0. The lowest BCUT2D eigenvalue weighted by Gasteiger charge is -2.39. The second-order valence-electron chi connectivity index (χ2n) is 17.1. The van der Waals surface area contributed by atoms with E-state index in [1.807, 2.05) is 36.4 Å². The van der Waals surface area contributed by atoms with Gasteiger partial charge in [0.25, 0.3) is 5.91 Å². The second-order valence-corrected chi connectivity index (χ2v) is 17.5. The fourth-order valence-electron chi connectivity index (χ4n) is 9.91. The van der Waals surface area contributed by atoms with Gasteiger partial charge >= 0.3 is 0 Å². The average Bonchev–Trinajstić information content (AvgIpc) is 3.61. The number of nitrogens with one attached hydrogen (secondary N) is 2. The van der Waals surface area contributed by atoms with E-state index in [1.165, 1.54) is 5.56 Å². The van der Waals surface area contributed by atoms with Crippen LogP contribution in [0.25, 0.3) is 22.4 Å².